The van der Waals surface area contributed by atoms with Crippen LogP contribution in [0.4, 0.5) is 0 Å². The highest BCUT2D eigenvalue weighted by Crippen LogP contribution is 2.22. The SMILES string of the molecule is COc1ccc2c(c1)CCN(CC1COCCO1)CC2. The molecule has 0 radical (unpaired) electrons. The van der Waals surface area contributed by atoms with E-state index in [2.05, 4.69) is 23.1 Å². The van der Waals surface area contributed by atoms with Crippen molar-refractivity contribution in [2.75, 3.05) is 46.6 Å². The van der Waals surface area contributed by atoms with Crippen LogP contribution >= 0.6 is 0 Å². The van der Waals surface area contributed by atoms with E-state index < -0.39 is 0 Å². The fourth-order valence-corrected chi connectivity index (χ4v) is 2.99. The molecule has 20 heavy (non-hydrogen) atoms. The first-order valence-corrected chi connectivity index (χ1v) is 7.42. The van der Waals surface area contributed by atoms with Crippen LogP contribution in [0, 0.1) is 0 Å². The summed E-state index contributed by atoms with van der Waals surface area (Å²) in [4.78, 5) is 2.49. The van der Waals surface area contributed by atoms with Gasteiger partial charge in [-0.1, -0.05) is 6.07 Å². The highest BCUT2D eigenvalue weighted by molar-refractivity contribution is 5.36. The summed E-state index contributed by atoms with van der Waals surface area (Å²) < 4.78 is 16.5. The second-order valence-electron chi connectivity index (χ2n) is 5.50. The largest absolute Gasteiger partial charge is 0.497 e. The maximum Gasteiger partial charge on any atom is 0.119 e. The standard InChI is InChI=1S/C16H23NO3/c1-18-15-3-2-13-4-6-17(7-5-14(13)10-15)11-16-12-19-8-9-20-16/h2-3,10,16H,4-9,11-12H2,1H3. The van der Waals surface area contributed by atoms with Crippen molar-refractivity contribution in [3.05, 3.63) is 29.3 Å². The Morgan fingerprint density at radius 2 is 2.05 bits per heavy atom. The fourth-order valence-electron chi connectivity index (χ4n) is 2.99. The van der Waals surface area contributed by atoms with Crippen LogP contribution in [-0.2, 0) is 22.3 Å². The van der Waals surface area contributed by atoms with Crippen molar-refractivity contribution in [1.29, 1.82) is 0 Å². The average molecular weight is 277 g/mol. The first kappa shape index (κ1) is 13.9. The van der Waals surface area contributed by atoms with Gasteiger partial charge in [-0.25, -0.2) is 0 Å². The summed E-state index contributed by atoms with van der Waals surface area (Å²) in [5.41, 5.74) is 2.88. The molecule has 1 atom stereocenters. The summed E-state index contributed by atoms with van der Waals surface area (Å²) in [6, 6.07) is 6.45. The van der Waals surface area contributed by atoms with Crippen LogP contribution in [0.2, 0.25) is 0 Å². The van der Waals surface area contributed by atoms with Gasteiger partial charge in [0.2, 0.25) is 0 Å². The molecule has 1 aromatic rings. The molecule has 2 aliphatic rings. The Labute approximate surface area is 120 Å². The highest BCUT2D eigenvalue weighted by atomic mass is 16.6. The Bertz CT molecular complexity index is 443. The van der Waals surface area contributed by atoms with Gasteiger partial charge in [0.1, 0.15) is 5.75 Å². The summed E-state index contributed by atoms with van der Waals surface area (Å²) in [5, 5.41) is 0. The molecule has 0 aliphatic carbocycles. The first-order chi connectivity index (χ1) is 9.85. The minimum atomic E-state index is 0.236. The third-order valence-corrected chi connectivity index (χ3v) is 4.15. The lowest BCUT2D eigenvalue weighted by molar-refractivity contribution is -0.0972. The van der Waals surface area contributed by atoms with Crippen LogP contribution in [0.5, 0.6) is 5.75 Å². The van der Waals surface area contributed by atoms with E-state index in [-0.39, 0.29) is 6.10 Å². The second-order valence-corrected chi connectivity index (χ2v) is 5.50. The van der Waals surface area contributed by atoms with Crippen molar-refractivity contribution in [3.8, 4) is 5.75 Å². The maximum atomic E-state index is 5.75. The molecular formula is C16H23NO3. The molecule has 4 heteroatoms. The topological polar surface area (TPSA) is 30.9 Å². The monoisotopic (exact) mass is 277 g/mol. The molecule has 0 spiro atoms. The molecule has 0 N–H and O–H groups in total. The van der Waals surface area contributed by atoms with E-state index >= 15 is 0 Å². The van der Waals surface area contributed by atoms with Crippen LogP contribution in [0.25, 0.3) is 0 Å². The molecule has 0 aromatic heterocycles. The molecule has 110 valence electrons. The zero-order chi connectivity index (χ0) is 13.8. The van der Waals surface area contributed by atoms with Crippen molar-refractivity contribution in [2.45, 2.75) is 18.9 Å². The Balaban J connectivity index is 1.60. The molecule has 4 nitrogen and oxygen atoms in total. The molecule has 0 amide bonds. The number of hydrogen-bond donors (Lipinski definition) is 0. The van der Waals surface area contributed by atoms with Crippen molar-refractivity contribution in [3.63, 3.8) is 0 Å². The lowest BCUT2D eigenvalue weighted by Gasteiger charge is -2.28. The molecule has 1 saturated heterocycles. The van der Waals surface area contributed by atoms with E-state index in [9.17, 15) is 0 Å². The first-order valence-electron chi connectivity index (χ1n) is 7.42. The molecule has 1 aromatic carbocycles. The number of fused-ring (bicyclic) bond motifs is 1. The Morgan fingerprint density at radius 3 is 2.80 bits per heavy atom. The van der Waals surface area contributed by atoms with Gasteiger partial charge >= 0.3 is 0 Å². The van der Waals surface area contributed by atoms with Gasteiger partial charge in [-0.05, 0) is 36.1 Å². The maximum absolute atomic E-state index is 5.75. The minimum Gasteiger partial charge on any atom is -0.497 e. The van der Waals surface area contributed by atoms with Crippen LogP contribution in [0.15, 0.2) is 18.2 Å². The molecule has 1 fully saturated rings. The van der Waals surface area contributed by atoms with Crippen molar-refractivity contribution in [2.24, 2.45) is 0 Å². The van der Waals surface area contributed by atoms with Gasteiger partial charge in [-0.3, -0.25) is 0 Å². The number of methoxy groups -OCH3 is 1. The van der Waals surface area contributed by atoms with Gasteiger partial charge in [0.05, 0.1) is 33.0 Å². The molecule has 0 bridgehead atoms. The van der Waals surface area contributed by atoms with Gasteiger partial charge in [0.15, 0.2) is 0 Å². The van der Waals surface area contributed by atoms with Gasteiger partial charge in [-0.15, -0.1) is 0 Å². The smallest absolute Gasteiger partial charge is 0.119 e. The molecule has 1 unspecified atom stereocenters. The zero-order valence-electron chi connectivity index (χ0n) is 12.1. The lowest BCUT2D eigenvalue weighted by atomic mass is 10.0. The number of rotatable bonds is 3. The predicted molar refractivity (Wildman–Crippen MR) is 77.4 cm³/mol. The highest BCUT2D eigenvalue weighted by Gasteiger charge is 2.20. The van der Waals surface area contributed by atoms with Gasteiger partial charge in [-0.2, -0.15) is 0 Å². The van der Waals surface area contributed by atoms with Crippen LogP contribution < -0.4 is 4.74 Å². The zero-order valence-corrected chi connectivity index (χ0v) is 12.1. The number of nitrogens with zero attached hydrogens (tertiary/aromatic N) is 1. The van der Waals surface area contributed by atoms with Crippen molar-refractivity contribution in [1.82, 2.24) is 4.90 Å². The summed E-state index contributed by atoms with van der Waals surface area (Å²) >= 11 is 0. The van der Waals surface area contributed by atoms with E-state index in [0.717, 1.165) is 58.0 Å². The molecular weight excluding hydrogens is 254 g/mol. The van der Waals surface area contributed by atoms with E-state index in [1.54, 1.807) is 7.11 Å². The molecule has 2 heterocycles. The Kier molecular flexibility index (Phi) is 4.55. The van der Waals surface area contributed by atoms with E-state index in [1.807, 2.05) is 0 Å². The van der Waals surface area contributed by atoms with E-state index in [4.69, 9.17) is 14.2 Å². The molecule has 3 rings (SSSR count). The minimum absolute atomic E-state index is 0.236. The van der Waals surface area contributed by atoms with Crippen LogP contribution in [0.3, 0.4) is 0 Å². The Hall–Kier alpha value is -1.10. The summed E-state index contributed by atoms with van der Waals surface area (Å²) in [7, 11) is 1.73. The van der Waals surface area contributed by atoms with Gasteiger partial charge in [0.25, 0.3) is 0 Å². The lowest BCUT2D eigenvalue weighted by Crippen LogP contribution is -2.41. The fraction of sp³-hybridized carbons (Fsp3) is 0.625. The number of hydrogen-bond acceptors (Lipinski definition) is 4. The Morgan fingerprint density at radius 1 is 1.20 bits per heavy atom. The van der Waals surface area contributed by atoms with E-state index in [1.165, 1.54) is 11.1 Å². The second kappa shape index (κ2) is 6.57. The summed E-state index contributed by atoms with van der Waals surface area (Å²) in [6.07, 6.45) is 2.42. The van der Waals surface area contributed by atoms with Gasteiger partial charge in [0, 0.05) is 19.6 Å². The molecule has 2 aliphatic heterocycles. The molecule has 0 saturated carbocycles. The number of ether oxygens (including phenoxy) is 3. The van der Waals surface area contributed by atoms with E-state index in [0.29, 0.717) is 0 Å². The third kappa shape index (κ3) is 3.32. The predicted octanol–water partition coefficient (Wildman–Crippen LogP) is 1.51. The van der Waals surface area contributed by atoms with Crippen LogP contribution in [-0.4, -0.2) is 57.6 Å². The number of benzene rings is 1. The van der Waals surface area contributed by atoms with Crippen molar-refractivity contribution < 1.29 is 14.2 Å². The summed E-state index contributed by atoms with van der Waals surface area (Å²) in [6.45, 7) is 5.36. The van der Waals surface area contributed by atoms with Crippen molar-refractivity contribution >= 4 is 0 Å². The summed E-state index contributed by atoms with van der Waals surface area (Å²) in [5.74, 6) is 0.959. The third-order valence-electron chi connectivity index (χ3n) is 4.15. The average Bonchev–Trinajstić information content (AvgIpc) is 2.70. The van der Waals surface area contributed by atoms with Gasteiger partial charge < -0.3 is 19.1 Å². The quantitative estimate of drug-likeness (QED) is 0.838. The van der Waals surface area contributed by atoms with Crippen LogP contribution in [0.1, 0.15) is 11.1 Å². The normalized spacial score (nSPS) is 23.9.